The van der Waals surface area contributed by atoms with Gasteiger partial charge >= 0.3 is 0 Å². The zero-order valence-electron chi connectivity index (χ0n) is 13.8. The van der Waals surface area contributed by atoms with E-state index in [0.717, 1.165) is 31.3 Å². The average molecular weight is 370 g/mol. The Morgan fingerprint density at radius 3 is 2.67 bits per heavy atom. The molecule has 1 fully saturated rings. The molecule has 1 aromatic carbocycles. The molecule has 0 aliphatic carbocycles. The minimum atomic E-state index is -3.45. The van der Waals surface area contributed by atoms with E-state index in [1.807, 2.05) is 19.2 Å². The Bertz CT molecular complexity index is 769. The van der Waals surface area contributed by atoms with Crippen LogP contribution >= 0.6 is 12.4 Å². The molecule has 7 heteroatoms. The van der Waals surface area contributed by atoms with Gasteiger partial charge in [-0.05, 0) is 63.0 Å². The first-order valence-corrected chi connectivity index (χ1v) is 9.55. The van der Waals surface area contributed by atoms with Crippen molar-refractivity contribution in [1.82, 2.24) is 14.6 Å². The Morgan fingerprint density at radius 1 is 1.21 bits per heavy atom. The van der Waals surface area contributed by atoms with Crippen molar-refractivity contribution in [2.75, 3.05) is 26.7 Å². The van der Waals surface area contributed by atoms with Crippen molar-refractivity contribution in [3.8, 4) is 0 Å². The number of pyridine rings is 1. The van der Waals surface area contributed by atoms with Gasteiger partial charge in [0.25, 0.3) is 0 Å². The van der Waals surface area contributed by atoms with Crippen LogP contribution < -0.4 is 5.32 Å². The fraction of sp³-hybridized carbons (Fsp3) is 0.471. The van der Waals surface area contributed by atoms with Crippen LogP contribution in [0.2, 0.25) is 0 Å². The lowest BCUT2D eigenvalue weighted by Crippen LogP contribution is -2.39. The van der Waals surface area contributed by atoms with Crippen LogP contribution in [-0.4, -0.2) is 44.4 Å². The largest absolute Gasteiger partial charge is 0.320 e. The first-order valence-electron chi connectivity index (χ1n) is 8.11. The van der Waals surface area contributed by atoms with Gasteiger partial charge in [0.2, 0.25) is 10.0 Å². The molecular weight excluding hydrogens is 346 g/mol. The zero-order valence-corrected chi connectivity index (χ0v) is 15.4. The number of hydrogen-bond donors (Lipinski definition) is 1. The summed E-state index contributed by atoms with van der Waals surface area (Å²) in [7, 11) is -1.50. The highest BCUT2D eigenvalue weighted by Gasteiger charge is 2.30. The van der Waals surface area contributed by atoms with Crippen molar-refractivity contribution in [2.45, 2.75) is 24.2 Å². The summed E-state index contributed by atoms with van der Waals surface area (Å²) < 4.78 is 27.6. The van der Waals surface area contributed by atoms with E-state index in [1.165, 1.54) is 0 Å². The highest BCUT2D eigenvalue weighted by Crippen LogP contribution is 2.28. The number of fused-ring (bicyclic) bond motifs is 1. The second-order valence-electron chi connectivity index (χ2n) is 6.07. The third-order valence-corrected chi connectivity index (χ3v) is 6.56. The van der Waals surface area contributed by atoms with Crippen LogP contribution in [0.5, 0.6) is 0 Å². The standard InChI is InChI=1S/C17H23N3O2S.ClH/c1-18-11-7-14-8-12-20(13-9-14)23(21,22)17-6-2-5-16-15(17)4-3-10-19-16;/h2-6,10,14,18H,7-9,11-13H2,1H3;1H. The number of halogens is 1. The molecule has 3 rings (SSSR count). The average Bonchev–Trinajstić information content (AvgIpc) is 2.59. The molecule has 1 aliphatic heterocycles. The van der Waals surface area contributed by atoms with Gasteiger partial charge in [-0.2, -0.15) is 4.31 Å². The van der Waals surface area contributed by atoms with E-state index in [9.17, 15) is 8.42 Å². The van der Waals surface area contributed by atoms with Crippen molar-refractivity contribution in [2.24, 2.45) is 5.92 Å². The van der Waals surface area contributed by atoms with E-state index in [1.54, 1.807) is 28.7 Å². The van der Waals surface area contributed by atoms with Crippen LogP contribution in [0.4, 0.5) is 0 Å². The molecule has 0 atom stereocenters. The Hall–Kier alpha value is -1.21. The van der Waals surface area contributed by atoms with E-state index in [2.05, 4.69) is 10.3 Å². The molecule has 1 aliphatic rings. The summed E-state index contributed by atoms with van der Waals surface area (Å²) >= 11 is 0. The maximum atomic E-state index is 13.0. The van der Waals surface area contributed by atoms with Gasteiger partial charge in [-0.3, -0.25) is 4.98 Å². The molecule has 2 aromatic rings. The number of nitrogens with zero attached hydrogens (tertiary/aromatic N) is 2. The second kappa shape index (κ2) is 8.25. The summed E-state index contributed by atoms with van der Waals surface area (Å²) in [5.74, 6) is 0.614. The molecule has 2 heterocycles. The third kappa shape index (κ3) is 3.88. The number of benzene rings is 1. The Kier molecular flexibility index (Phi) is 6.57. The van der Waals surface area contributed by atoms with Gasteiger partial charge < -0.3 is 5.32 Å². The molecular formula is C17H24ClN3O2S. The van der Waals surface area contributed by atoms with Crippen LogP contribution in [0.3, 0.4) is 0 Å². The molecule has 0 spiro atoms. The molecule has 0 radical (unpaired) electrons. The molecule has 0 bridgehead atoms. The van der Waals surface area contributed by atoms with Crippen LogP contribution in [-0.2, 0) is 10.0 Å². The maximum absolute atomic E-state index is 13.0. The summed E-state index contributed by atoms with van der Waals surface area (Å²) in [6, 6.07) is 8.91. The monoisotopic (exact) mass is 369 g/mol. The minimum absolute atomic E-state index is 0. The summed E-state index contributed by atoms with van der Waals surface area (Å²) in [6.07, 6.45) is 4.67. The summed E-state index contributed by atoms with van der Waals surface area (Å²) in [4.78, 5) is 4.63. The first kappa shape index (κ1) is 19.1. The van der Waals surface area contributed by atoms with Gasteiger partial charge in [-0.1, -0.05) is 6.07 Å². The molecule has 0 unspecified atom stereocenters. The van der Waals surface area contributed by atoms with E-state index >= 15 is 0 Å². The van der Waals surface area contributed by atoms with Crippen LogP contribution in [0.1, 0.15) is 19.3 Å². The number of sulfonamides is 1. The van der Waals surface area contributed by atoms with Gasteiger partial charge in [0.05, 0.1) is 10.4 Å². The number of nitrogens with one attached hydrogen (secondary N) is 1. The molecule has 0 saturated carbocycles. The van der Waals surface area contributed by atoms with Crippen molar-refractivity contribution >= 4 is 33.3 Å². The van der Waals surface area contributed by atoms with Gasteiger partial charge in [-0.15, -0.1) is 12.4 Å². The second-order valence-corrected chi connectivity index (χ2v) is 7.97. The molecule has 1 N–H and O–H groups in total. The van der Waals surface area contributed by atoms with Crippen molar-refractivity contribution < 1.29 is 8.42 Å². The zero-order chi connectivity index (χ0) is 16.3. The highest BCUT2D eigenvalue weighted by atomic mass is 35.5. The van der Waals surface area contributed by atoms with E-state index in [0.29, 0.717) is 29.3 Å². The molecule has 24 heavy (non-hydrogen) atoms. The quantitative estimate of drug-likeness (QED) is 0.880. The predicted octanol–water partition coefficient (Wildman–Crippen LogP) is 2.67. The Balaban J connectivity index is 0.00000208. The molecule has 1 saturated heterocycles. The Morgan fingerprint density at radius 2 is 1.96 bits per heavy atom. The van der Waals surface area contributed by atoms with Crippen molar-refractivity contribution in [3.63, 3.8) is 0 Å². The summed E-state index contributed by atoms with van der Waals surface area (Å²) in [5.41, 5.74) is 0.720. The fourth-order valence-corrected chi connectivity index (χ4v) is 4.90. The lowest BCUT2D eigenvalue weighted by Gasteiger charge is -2.31. The summed E-state index contributed by atoms with van der Waals surface area (Å²) in [6.45, 7) is 2.20. The van der Waals surface area contributed by atoms with E-state index < -0.39 is 10.0 Å². The van der Waals surface area contributed by atoms with Crippen LogP contribution in [0.25, 0.3) is 10.9 Å². The molecule has 132 valence electrons. The van der Waals surface area contributed by atoms with Crippen LogP contribution in [0.15, 0.2) is 41.4 Å². The topological polar surface area (TPSA) is 62.3 Å². The summed E-state index contributed by atoms with van der Waals surface area (Å²) in [5, 5.41) is 3.86. The van der Waals surface area contributed by atoms with Crippen molar-refractivity contribution in [1.29, 1.82) is 0 Å². The lowest BCUT2D eigenvalue weighted by molar-refractivity contribution is 0.263. The van der Waals surface area contributed by atoms with Gasteiger partial charge in [0.15, 0.2) is 0 Å². The lowest BCUT2D eigenvalue weighted by atomic mass is 9.95. The minimum Gasteiger partial charge on any atom is -0.320 e. The third-order valence-electron chi connectivity index (χ3n) is 4.60. The molecule has 0 amide bonds. The number of piperidine rings is 1. The molecule has 1 aromatic heterocycles. The van der Waals surface area contributed by atoms with Crippen LogP contribution in [0, 0.1) is 5.92 Å². The number of aromatic nitrogens is 1. The normalized spacial score (nSPS) is 16.9. The SMILES string of the molecule is CNCCC1CCN(S(=O)(=O)c2cccc3ncccc23)CC1.Cl. The predicted molar refractivity (Wildman–Crippen MR) is 99.0 cm³/mol. The van der Waals surface area contributed by atoms with E-state index in [4.69, 9.17) is 0 Å². The fourth-order valence-electron chi connectivity index (χ4n) is 3.23. The van der Waals surface area contributed by atoms with Gasteiger partial charge in [0, 0.05) is 24.7 Å². The van der Waals surface area contributed by atoms with Gasteiger partial charge in [0.1, 0.15) is 0 Å². The number of hydrogen-bond acceptors (Lipinski definition) is 4. The maximum Gasteiger partial charge on any atom is 0.243 e. The highest BCUT2D eigenvalue weighted by molar-refractivity contribution is 7.89. The van der Waals surface area contributed by atoms with E-state index in [-0.39, 0.29) is 12.4 Å². The number of rotatable bonds is 5. The molecule has 5 nitrogen and oxygen atoms in total. The Labute approximate surface area is 149 Å². The smallest absolute Gasteiger partial charge is 0.243 e. The first-order chi connectivity index (χ1) is 11.1. The van der Waals surface area contributed by atoms with Gasteiger partial charge in [-0.25, -0.2) is 8.42 Å². The van der Waals surface area contributed by atoms with Crippen molar-refractivity contribution in [3.05, 3.63) is 36.5 Å².